The van der Waals surface area contributed by atoms with Gasteiger partial charge in [-0.2, -0.15) is 0 Å². The summed E-state index contributed by atoms with van der Waals surface area (Å²) < 4.78 is 11.0. The molecule has 1 atom stereocenters. The van der Waals surface area contributed by atoms with Crippen molar-refractivity contribution in [3.05, 3.63) is 35.9 Å². The zero-order valence-corrected chi connectivity index (χ0v) is 17.5. The van der Waals surface area contributed by atoms with Crippen LogP contribution in [0.3, 0.4) is 0 Å². The Balaban J connectivity index is 1.80. The second-order valence-electron chi connectivity index (χ2n) is 7.59. The van der Waals surface area contributed by atoms with Gasteiger partial charge in [-0.15, -0.1) is 0 Å². The SMILES string of the molecule is CN=C(NCC(c1ccccc1)C(C)C)N1CCC(OCCCOC)CC1. The molecule has 1 aliphatic rings. The molecule has 0 spiro atoms. The van der Waals surface area contributed by atoms with Crippen molar-refractivity contribution in [3.63, 3.8) is 0 Å². The third-order valence-corrected chi connectivity index (χ3v) is 5.31. The van der Waals surface area contributed by atoms with E-state index in [1.54, 1.807) is 7.11 Å². The van der Waals surface area contributed by atoms with Crippen molar-refractivity contribution in [1.29, 1.82) is 0 Å². The van der Waals surface area contributed by atoms with Crippen LogP contribution >= 0.6 is 0 Å². The van der Waals surface area contributed by atoms with E-state index in [0.29, 0.717) is 17.9 Å². The van der Waals surface area contributed by atoms with Gasteiger partial charge in [-0.05, 0) is 30.7 Å². The molecule has 0 aromatic heterocycles. The zero-order chi connectivity index (χ0) is 19.5. The van der Waals surface area contributed by atoms with Crippen LogP contribution in [0.1, 0.15) is 44.6 Å². The number of aliphatic imine (C=N–C) groups is 1. The van der Waals surface area contributed by atoms with Crippen LogP contribution in [0.15, 0.2) is 35.3 Å². The molecule has 1 N–H and O–H groups in total. The smallest absolute Gasteiger partial charge is 0.193 e. The Morgan fingerprint density at radius 2 is 1.89 bits per heavy atom. The van der Waals surface area contributed by atoms with Gasteiger partial charge in [0.25, 0.3) is 0 Å². The molecule has 2 rings (SSSR count). The summed E-state index contributed by atoms with van der Waals surface area (Å²) in [5, 5.41) is 3.61. The number of nitrogens with one attached hydrogen (secondary N) is 1. The lowest BCUT2D eigenvalue weighted by atomic mass is 9.88. The molecule has 152 valence electrons. The number of hydrogen-bond donors (Lipinski definition) is 1. The van der Waals surface area contributed by atoms with Gasteiger partial charge in [-0.25, -0.2) is 0 Å². The highest BCUT2D eigenvalue weighted by atomic mass is 16.5. The molecule has 1 unspecified atom stereocenters. The van der Waals surface area contributed by atoms with Crippen molar-refractivity contribution in [3.8, 4) is 0 Å². The molecule has 1 heterocycles. The normalized spacial score (nSPS) is 17.4. The lowest BCUT2D eigenvalue weighted by molar-refractivity contribution is 0.00989. The van der Waals surface area contributed by atoms with Crippen LogP contribution in [-0.2, 0) is 9.47 Å². The molecular weight excluding hydrogens is 338 g/mol. The molecule has 0 radical (unpaired) electrons. The van der Waals surface area contributed by atoms with Crippen LogP contribution < -0.4 is 5.32 Å². The van der Waals surface area contributed by atoms with E-state index < -0.39 is 0 Å². The van der Waals surface area contributed by atoms with Crippen molar-refractivity contribution < 1.29 is 9.47 Å². The van der Waals surface area contributed by atoms with Crippen molar-refractivity contribution in [2.75, 3.05) is 47.0 Å². The predicted molar refractivity (Wildman–Crippen MR) is 112 cm³/mol. The number of ether oxygens (including phenoxy) is 2. The summed E-state index contributed by atoms with van der Waals surface area (Å²) in [6.45, 7) is 9.02. The Labute approximate surface area is 165 Å². The average molecular weight is 376 g/mol. The molecular formula is C22H37N3O2. The Kier molecular flexibility index (Phi) is 9.64. The number of nitrogens with zero attached hydrogens (tertiary/aromatic N) is 2. The Hall–Kier alpha value is -1.59. The highest BCUT2D eigenvalue weighted by molar-refractivity contribution is 5.80. The topological polar surface area (TPSA) is 46.1 Å². The third-order valence-electron chi connectivity index (χ3n) is 5.31. The first kappa shape index (κ1) is 21.7. The Morgan fingerprint density at radius 1 is 1.19 bits per heavy atom. The molecule has 1 aliphatic heterocycles. The third kappa shape index (κ3) is 7.15. The van der Waals surface area contributed by atoms with Crippen LogP contribution in [0.5, 0.6) is 0 Å². The van der Waals surface area contributed by atoms with E-state index in [4.69, 9.17) is 9.47 Å². The molecule has 1 fully saturated rings. The van der Waals surface area contributed by atoms with E-state index in [-0.39, 0.29) is 0 Å². The molecule has 27 heavy (non-hydrogen) atoms. The number of hydrogen-bond acceptors (Lipinski definition) is 3. The van der Waals surface area contributed by atoms with Gasteiger partial charge in [0.1, 0.15) is 0 Å². The van der Waals surface area contributed by atoms with Gasteiger partial charge in [0.2, 0.25) is 0 Å². The fraction of sp³-hybridized carbons (Fsp3) is 0.682. The van der Waals surface area contributed by atoms with Gasteiger partial charge in [0, 0.05) is 52.9 Å². The van der Waals surface area contributed by atoms with Crippen molar-refractivity contribution in [2.45, 2.75) is 45.1 Å². The summed E-state index contributed by atoms with van der Waals surface area (Å²) in [5.41, 5.74) is 1.39. The predicted octanol–water partition coefficient (Wildman–Crippen LogP) is 3.52. The second kappa shape index (κ2) is 12.0. The van der Waals surface area contributed by atoms with Crippen LogP contribution in [-0.4, -0.2) is 64.0 Å². The molecule has 1 aromatic carbocycles. The number of piperidine rings is 1. The maximum Gasteiger partial charge on any atom is 0.193 e. The zero-order valence-electron chi connectivity index (χ0n) is 17.5. The highest BCUT2D eigenvalue weighted by Crippen LogP contribution is 2.23. The van der Waals surface area contributed by atoms with Crippen LogP contribution in [0.25, 0.3) is 0 Å². The molecule has 0 bridgehead atoms. The molecule has 0 aliphatic carbocycles. The number of benzene rings is 1. The standard InChI is InChI=1S/C22H37N3O2/c1-18(2)21(19-9-6-5-7-10-19)17-24-22(23-3)25-13-11-20(12-14-25)27-16-8-15-26-4/h5-7,9-10,18,20-21H,8,11-17H2,1-4H3,(H,23,24). The van der Waals surface area contributed by atoms with E-state index in [2.05, 4.69) is 59.4 Å². The summed E-state index contributed by atoms with van der Waals surface area (Å²) in [5.74, 6) is 2.06. The lowest BCUT2D eigenvalue weighted by Gasteiger charge is -2.35. The molecule has 5 nitrogen and oxygen atoms in total. The van der Waals surface area contributed by atoms with Gasteiger partial charge >= 0.3 is 0 Å². The highest BCUT2D eigenvalue weighted by Gasteiger charge is 2.23. The minimum Gasteiger partial charge on any atom is -0.385 e. The summed E-state index contributed by atoms with van der Waals surface area (Å²) in [6.07, 6.45) is 3.44. The molecule has 1 aromatic rings. The number of methoxy groups -OCH3 is 1. The van der Waals surface area contributed by atoms with Crippen LogP contribution in [0, 0.1) is 5.92 Å². The van der Waals surface area contributed by atoms with Gasteiger partial charge in [0.05, 0.1) is 6.10 Å². The number of guanidine groups is 1. The first-order valence-electron chi connectivity index (χ1n) is 10.3. The van der Waals surface area contributed by atoms with Crippen molar-refractivity contribution in [1.82, 2.24) is 10.2 Å². The number of rotatable bonds is 9. The van der Waals surface area contributed by atoms with Gasteiger partial charge in [-0.1, -0.05) is 44.2 Å². The minimum absolute atomic E-state index is 0.365. The first-order chi connectivity index (χ1) is 13.2. The largest absolute Gasteiger partial charge is 0.385 e. The lowest BCUT2D eigenvalue weighted by Crippen LogP contribution is -2.48. The monoisotopic (exact) mass is 375 g/mol. The van der Waals surface area contributed by atoms with E-state index >= 15 is 0 Å². The average Bonchev–Trinajstić information content (AvgIpc) is 2.70. The van der Waals surface area contributed by atoms with Gasteiger partial charge in [0.15, 0.2) is 5.96 Å². The molecule has 0 saturated carbocycles. The summed E-state index contributed by atoms with van der Waals surface area (Å²) in [6, 6.07) is 10.8. The molecule has 1 saturated heterocycles. The second-order valence-corrected chi connectivity index (χ2v) is 7.59. The minimum atomic E-state index is 0.365. The van der Waals surface area contributed by atoms with E-state index in [0.717, 1.165) is 58.1 Å². The quantitative estimate of drug-likeness (QED) is 0.407. The van der Waals surface area contributed by atoms with Crippen LogP contribution in [0.4, 0.5) is 0 Å². The Bertz CT molecular complexity index is 540. The summed E-state index contributed by atoms with van der Waals surface area (Å²) >= 11 is 0. The van der Waals surface area contributed by atoms with Crippen molar-refractivity contribution >= 4 is 5.96 Å². The summed E-state index contributed by atoms with van der Waals surface area (Å²) in [7, 11) is 3.61. The maximum atomic E-state index is 5.97. The molecule has 0 amide bonds. The van der Waals surface area contributed by atoms with Crippen molar-refractivity contribution in [2.24, 2.45) is 10.9 Å². The van der Waals surface area contributed by atoms with Gasteiger partial charge < -0.3 is 19.7 Å². The summed E-state index contributed by atoms with van der Waals surface area (Å²) in [4.78, 5) is 6.88. The fourth-order valence-corrected chi connectivity index (χ4v) is 3.66. The fourth-order valence-electron chi connectivity index (χ4n) is 3.66. The first-order valence-corrected chi connectivity index (χ1v) is 10.3. The van der Waals surface area contributed by atoms with Gasteiger partial charge in [-0.3, -0.25) is 4.99 Å². The van der Waals surface area contributed by atoms with Crippen LogP contribution in [0.2, 0.25) is 0 Å². The van der Waals surface area contributed by atoms with E-state index in [1.807, 2.05) is 7.05 Å². The Morgan fingerprint density at radius 3 is 2.48 bits per heavy atom. The van der Waals surface area contributed by atoms with E-state index in [1.165, 1.54) is 5.56 Å². The number of likely N-dealkylation sites (tertiary alicyclic amines) is 1. The maximum absolute atomic E-state index is 5.97. The van der Waals surface area contributed by atoms with E-state index in [9.17, 15) is 0 Å². The molecule has 5 heteroatoms.